The van der Waals surface area contributed by atoms with Gasteiger partial charge in [-0.1, -0.05) is 6.07 Å². The van der Waals surface area contributed by atoms with E-state index in [1.54, 1.807) is 32.4 Å². The number of ether oxygens (including phenoxy) is 2. The average Bonchev–Trinajstić information content (AvgIpc) is 2.62. The minimum absolute atomic E-state index is 0.139. The fourth-order valence-electron chi connectivity index (χ4n) is 3.11. The first-order valence-corrected chi connectivity index (χ1v) is 9.89. The number of nitrogens with one attached hydrogen (secondary N) is 1. The fourth-order valence-corrected chi connectivity index (χ4v) is 4.71. The predicted octanol–water partition coefficient (Wildman–Crippen LogP) is 3.72. The maximum absolute atomic E-state index is 13.0. The van der Waals surface area contributed by atoms with E-state index in [1.165, 1.54) is 0 Å². The molecule has 5 nitrogen and oxygen atoms in total. The zero-order chi connectivity index (χ0) is 19.6. The highest BCUT2D eigenvalue weighted by Gasteiger charge is 2.23. The minimum Gasteiger partial charge on any atom is -0.497 e. The maximum Gasteiger partial charge on any atom is 0.241 e. The summed E-state index contributed by atoms with van der Waals surface area (Å²) in [6, 6.07) is 5.31. The van der Waals surface area contributed by atoms with Crippen molar-refractivity contribution in [1.82, 2.24) is 4.72 Å². The summed E-state index contributed by atoms with van der Waals surface area (Å²) >= 11 is 0. The monoisotopic (exact) mass is 377 g/mol. The molecule has 1 N–H and O–H groups in total. The SMILES string of the molecule is COc1ccc(CNS(=O)(=O)c2c(C)c(C)c(C)c(C)c2C)c(OC)c1. The highest BCUT2D eigenvalue weighted by molar-refractivity contribution is 7.89. The number of sulfonamides is 1. The molecule has 26 heavy (non-hydrogen) atoms. The van der Waals surface area contributed by atoms with Gasteiger partial charge in [0.05, 0.1) is 19.1 Å². The van der Waals surface area contributed by atoms with Crippen LogP contribution in [0.15, 0.2) is 23.1 Å². The summed E-state index contributed by atoms with van der Waals surface area (Å²) in [5.74, 6) is 1.24. The van der Waals surface area contributed by atoms with Crippen LogP contribution in [0, 0.1) is 34.6 Å². The minimum atomic E-state index is -3.66. The van der Waals surface area contributed by atoms with E-state index in [0.29, 0.717) is 16.4 Å². The van der Waals surface area contributed by atoms with Gasteiger partial charge in [0, 0.05) is 18.2 Å². The molecule has 0 radical (unpaired) electrons. The van der Waals surface area contributed by atoms with E-state index in [9.17, 15) is 8.42 Å². The summed E-state index contributed by atoms with van der Waals surface area (Å²) in [6.07, 6.45) is 0. The van der Waals surface area contributed by atoms with Crippen LogP contribution in [0.5, 0.6) is 11.5 Å². The van der Waals surface area contributed by atoms with Crippen LogP contribution in [0.4, 0.5) is 0 Å². The van der Waals surface area contributed by atoms with Crippen LogP contribution < -0.4 is 14.2 Å². The van der Waals surface area contributed by atoms with E-state index in [0.717, 1.165) is 33.4 Å². The zero-order valence-electron chi connectivity index (χ0n) is 16.5. The Hall–Kier alpha value is -2.05. The molecule has 0 atom stereocenters. The van der Waals surface area contributed by atoms with Crippen molar-refractivity contribution in [3.05, 3.63) is 51.6 Å². The standard InChI is InChI=1S/C20H27NO4S/c1-12-13(2)15(4)20(16(5)14(12)3)26(22,23)21-11-17-8-9-18(24-6)10-19(17)25-7/h8-10,21H,11H2,1-7H3. The van der Waals surface area contributed by atoms with Gasteiger partial charge in [-0.15, -0.1) is 0 Å². The number of rotatable bonds is 6. The molecule has 0 saturated heterocycles. The highest BCUT2D eigenvalue weighted by atomic mass is 32.2. The highest BCUT2D eigenvalue weighted by Crippen LogP contribution is 2.30. The molecule has 0 bridgehead atoms. The third-order valence-corrected chi connectivity index (χ3v) is 6.82. The molecule has 0 amide bonds. The smallest absolute Gasteiger partial charge is 0.241 e. The first-order chi connectivity index (χ1) is 12.1. The van der Waals surface area contributed by atoms with Crippen LogP contribution in [-0.2, 0) is 16.6 Å². The Morgan fingerprint density at radius 3 is 1.88 bits per heavy atom. The van der Waals surface area contributed by atoms with E-state index in [-0.39, 0.29) is 6.54 Å². The molecule has 0 saturated carbocycles. The average molecular weight is 378 g/mol. The molecule has 0 aliphatic rings. The Morgan fingerprint density at radius 2 is 1.38 bits per heavy atom. The van der Waals surface area contributed by atoms with Crippen molar-refractivity contribution in [2.75, 3.05) is 14.2 Å². The van der Waals surface area contributed by atoms with Gasteiger partial charge in [-0.05, 0) is 68.5 Å². The number of hydrogen-bond acceptors (Lipinski definition) is 4. The van der Waals surface area contributed by atoms with Crippen molar-refractivity contribution in [1.29, 1.82) is 0 Å². The quantitative estimate of drug-likeness (QED) is 0.833. The Morgan fingerprint density at radius 1 is 0.846 bits per heavy atom. The van der Waals surface area contributed by atoms with Gasteiger partial charge >= 0.3 is 0 Å². The maximum atomic E-state index is 13.0. The van der Waals surface area contributed by atoms with Crippen LogP contribution in [0.1, 0.15) is 33.4 Å². The lowest BCUT2D eigenvalue weighted by molar-refractivity contribution is 0.390. The summed E-state index contributed by atoms with van der Waals surface area (Å²) < 4.78 is 39.3. The molecule has 0 aliphatic carbocycles. The lowest BCUT2D eigenvalue weighted by Gasteiger charge is -2.19. The second-order valence-corrected chi connectivity index (χ2v) is 8.16. The van der Waals surface area contributed by atoms with Gasteiger partial charge in [-0.25, -0.2) is 13.1 Å². The second-order valence-electron chi connectivity index (χ2n) is 6.46. The van der Waals surface area contributed by atoms with E-state index in [2.05, 4.69) is 4.72 Å². The molecule has 0 fully saturated rings. The zero-order valence-corrected chi connectivity index (χ0v) is 17.3. The van der Waals surface area contributed by atoms with Crippen molar-refractivity contribution < 1.29 is 17.9 Å². The summed E-state index contributed by atoms with van der Waals surface area (Å²) in [4.78, 5) is 0.366. The molecule has 6 heteroatoms. The normalized spacial score (nSPS) is 11.5. The van der Waals surface area contributed by atoms with Gasteiger partial charge in [0.2, 0.25) is 10.0 Å². The van der Waals surface area contributed by atoms with Gasteiger partial charge < -0.3 is 9.47 Å². The molecular weight excluding hydrogens is 350 g/mol. The number of hydrogen-bond donors (Lipinski definition) is 1. The summed E-state index contributed by atoms with van der Waals surface area (Å²) in [6.45, 7) is 9.80. The summed E-state index contributed by atoms with van der Waals surface area (Å²) in [7, 11) is -0.536. The van der Waals surface area contributed by atoms with Gasteiger partial charge in [0.25, 0.3) is 0 Å². The molecule has 2 aromatic carbocycles. The van der Waals surface area contributed by atoms with Crippen molar-refractivity contribution >= 4 is 10.0 Å². The molecule has 0 heterocycles. The Bertz CT molecular complexity index is 904. The Labute approximate surface area is 156 Å². The Kier molecular flexibility index (Phi) is 5.98. The van der Waals surface area contributed by atoms with Gasteiger partial charge in [0.1, 0.15) is 11.5 Å². The van der Waals surface area contributed by atoms with E-state index >= 15 is 0 Å². The van der Waals surface area contributed by atoms with E-state index in [1.807, 2.05) is 34.6 Å². The Balaban J connectivity index is 2.40. The topological polar surface area (TPSA) is 64.6 Å². The molecule has 0 aliphatic heterocycles. The first kappa shape index (κ1) is 20.3. The fraction of sp³-hybridized carbons (Fsp3) is 0.400. The van der Waals surface area contributed by atoms with Gasteiger partial charge in [-0.3, -0.25) is 0 Å². The van der Waals surface area contributed by atoms with Gasteiger partial charge in [0.15, 0.2) is 0 Å². The number of benzene rings is 2. The van der Waals surface area contributed by atoms with E-state index in [4.69, 9.17) is 9.47 Å². The van der Waals surface area contributed by atoms with Crippen LogP contribution in [-0.4, -0.2) is 22.6 Å². The third kappa shape index (κ3) is 3.71. The molecule has 0 spiro atoms. The van der Waals surface area contributed by atoms with Crippen LogP contribution in [0.25, 0.3) is 0 Å². The molecule has 0 unspecified atom stereocenters. The summed E-state index contributed by atoms with van der Waals surface area (Å²) in [5, 5.41) is 0. The molecule has 0 aromatic heterocycles. The second kappa shape index (κ2) is 7.68. The van der Waals surface area contributed by atoms with E-state index < -0.39 is 10.0 Å². The molecule has 142 valence electrons. The molecular formula is C20H27NO4S. The first-order valence-electron chi connectivity index (χ1n) is 8.41. The lowest BCUT2D eigenvalue weighted by atomic mass is 9.95. The lowest BCUT2D eigenvalue weighted by Crippen LogP contribution is -2.26. The van der Waals surface area contributed by atoms with Crippen LogP contribution in [0.2, 0.25) is 0 Å². The molecule has 2 aromatic rings. The number of methoxy groups -OCH3 is 2. The van der Waals surface area contributed by atoms with Gasteiger partial charge in [-0.2, -0.15) is 0 Å². The van der Waals surface area contributed by atoms with Crippen molar-refractivity contribution in [2.45, 2.75) is 46.1 Å². The predicted molar refractivity (Wildman–Crippen MR) is 104 cm³/mol. The third-order valence-electron chi connectivity index (χ3n) is 5.15. The van der Waals surface area contributed by atoms with Crippen molar-refractivity contribution in [2.24, 2.45) is 0 Å². The van der Waals surface area contributed by atoms with Crippen LogP contribution >= 0.6 is 0 Å². The van der Waals surface area contributed by atoms with Crippen LogP contribution in [0.3, 0.4) is 0 Å². The van der Waals surface area contributed by atoms with Crippen molar-refractivity contribution in [3.63, 3.8) is 0 Å². The summed E-state index contributed by atoms with van der Waals surface area (Å²) in [5.41, 5.74) is 5.48. The largest absolute Gasteiger partial charge is 0.497 e. The van der Waals surface area contributed by atoms with Crippen molar-refractivity contribution in [3.8, 4) is 11.5 Å². The molecule has 2 rings (SSSR count).